The van der Waals surface area contributed by atoms with Gasteiger partial charge in [0, 0.05) is 0 Å². The predicted molar refractivity (Wildman–Crippen MR) is 57.3 cm³/mol. The van der Waals surface area contributed by atoms with Crippen LogP contribution in [0.15, 0.2) is 24.3 Å². The molecular weight excluding hydrogens is 212 g/mol. The Morgan fingerprint density at radius 1 is 1.06 bits per heavy atom. The number of phenols is 1. The van der Waals surface area contributed by atoms with E-state index in [1.807, 2.05) is 25.1 Å². The Bertz CT molecular complexity index is 324. The van der Waals surface area contributed by atoms with E-state index in [0.717, 1.165) is 5.56 Å². The molecule has 1 aromatic rings. The molecule has 5 nitrogen and oxygen atoms in total. The molecule has 0 fully saturated rings. The van der Waals surface area contributed by atoms with Crippen molar-refractivity contribution in [2.75, 3.05) is 0 Å². The minimum Gasteiger partial charge on any atom is -0.508 e. The highest BCUT2D eigenvalue weighted by molar-refractivity contribution is 5.75. The van der Waals surface area contributed by atoms with Gasteiger partial charge in [0.05, 0.1) is 12.8 Å². The molecule has 0 aliphatic rings. The van der Waals surface area contributed by atoms with Crippen LogP contribution < -0.4 is 0 Å². The van der Waals surface area contributed by atoms with Gasteiger partial charge in [-0.25, -0.2) is 0 Å². The molecule has 0 unspecified atom stereocenters. The number of carboxylic acids is 2. The van der Waals surface area contributed by atoms with Crippen molar-refractivity contribution in [3.8, 4) is 5.75 Å². The van der Waals surface area contributed by atoms with Crippen LogP contribution in [0.4, 0.5) is 0 Å². The van der Waals surface area contributed by atoms with Crippen LogP contribution in [0, 0.1) is 6.92 Å². The molecule has 0 aromatic heterocycles. The molecule has 5 heteroatoms. The molecule has 0 heterocycles. The molecule has 0 atom stereocenters. The third-order valence-corrected chi connectivity index (χ3v) is 1.67. The molecule has 0 aliphatic carbocycles. The third kappa shape index (κ3) is 7.37. The number of aliphatic carboxylic acids is 2. The SMILES string of the molecule is Cc1ccccc1O.O=C(O)CCC(=O)O. The van der Waals surface area contributed by atoms with Crippen molar-refractivity contribution >= 4 is 11.9 Å². The summed E-state index contributed by atoms with van der Waals surface area (Å²) in [5.41, 5.74) is 0.924. The number of aryl methyl sites for hydroxylation is 1. The van der Waals surface area contributed by atoms with Gasteiger partial charge in [-0.3, -0.25) is 9.59 Å². The van der Waals surface area contributed by atoms with Crippen molar-refractivity contribution in [2.45, 2.75) is 19.8 Å². The average molecular weight is 226 g/mol. The summed E-state index contributed by atoms with van der Waals surface area (Å²) in [4.78, 5) is 19.3. The highest BCUT2D eigenvalue weighted by Gasteiger charge is 2.00. The molecule has 88 valence electrons. The number of hydrogen-bond donors (Lipinski definition) is 3. The van der Waals surface area contributed by atoms with Gasteiger partial charge in [-0.05, 0) is 18.6 Å². The zero-order valence-corrected chi connectivity index (χ0v) is 8.88. The standard InChI is InChI=1S/C7H8O.C4H6O4/c1-6-4-2-3-5-7(6)8;5-3(6)1-2-4(7)8/h2-5,8H,1H3;1-2H2,(H,5,6)(H,7,8). The van der Waals surface area contributed by atoms with Crippen molar-refractivity contribution in [1.29, 1.82) is 0 Å². The lowest BCUT2D eigenvalue weighted by atomic mass is 10.2. The normalized spacial score (nSPS) is 8.81. The highest BCUT2D eigenvalue weighted by Crippen LogP contribution is 2.12. The van der Waals surface area contributed by atoms with E-state index in [1.54, 1.807) is 6.07 Å². The zero-order chi connectivity index (χ0) is 12.6. The number of phenolic OH excluding ortho intramolecular Hbond substituents is 1. The second-order valence-electron chi connectivity index (χ2n) is 3.07. The van der Waals surface area contributed by atoms with Gasteiger partial charge in [0.1, 0.15) is 5.75 Å². The summed E-state index contributed by atoms with van der Waals surface area (Å²) in [6, 6.07) is 7.25. The number of hydrogen-bond acceptors (Lipinski definition) is 3. The molecule has 0 saturated heterocycles. The fourth-order valence-corrected chi connectivity index (χ4v) is 0.777. The van der Waals surface area contributed by atoms with Gasteiger partial charge in [0.25, 0.3) is 0 Å². The van der Waals surface area contributed by atoms with Crippen LogP contribution in [0.1, 0.15) is 18.4 Å². The fraction of sp³-hybridized carbons (Fsp3) is 0.273. The van der Waals surface area contributed by atoms with Gasteiger partial charge < -0.3 is 15.3 Å². The van der Waals surface area contributed by atoms with E-state index < -0.39 is 11.9 Å². The number of benzene rings is 1. The first-order chi connectivity index (χ1) is 7.43. The van der Waals surface area contributed by atoms with E-state index in [9.17, 15) is 9.59 Å². The van der Waals surface area contributed by atoms with Crippen molar-refractivity contribution in [3.63, 3.8) is 0 Å². The molecule has 16 heavy (non-hydrogen) atoms. The van der Waals surface area contributed by atoms with Crippen LogP contribution in [-0.4, -0.2) is 27.3 Å². The Balaban J connectivity index is 0.000000281. The van der Waals surface area contributed by atoms with E-state index in [0.29, 0.717) is 5.75 Å². The van der Waals surface area contributed by atoms with E-state index in [1.165, 1.54) is 0 Å². The topological polar surface area (TPSA) is 94.8 Å². The molecule has 0 bridgehead atoms. The molecular formula is C11H14O5. The van der Waals surface area contributed by atoms with Gasteiger partial charge >= 0.3 is 11.9 Å². The van der Waals surface area contributed by atoms with Gasteiger partial charge in [-0.2, -0.15) is 0 Å². The Labute approximate surface area is 93.0 Å². The molecule has 0 radical (unpaired) electrons. The van der Waals surface area contributed by atoms with Gasteiger partial charge in [0.2, 0.25) is 0 Å². The molecule has 1 aromatic carbocycles. The van der Waals surface area contributed by atoms with Crippen molar-refractivity contribution in [2.24, 2.45) is 0 Å². The summed E-state index contributed by atoms with van der Waals surface area (Å²) in [6.45, 7) is 1.87. The van der Waals surface area contributed by atoms with Gasteiger partial charge in [-0.15, -0.1) is 0 Å². The number of carbonyl (C=O) groups is 2. The number of para-hydroxylation sites is 1. The summed E-state index contributed by atoms with van der Waals surface area (Å²) in [7, 11) is 0. The summed E-state index contributed by atoms with van der Waals surface area (Å²) < 4.78 is 0. The molecule has 0 aliphatic heterocycles. The third-order valence-electron chi connectivity index (χ3n) is 1.67. The lowest BCUT2D eigenvalue weighted by molar-refractivity contribution is -0.143. The van der Waals surface area contributed by atoms with Gasteiger partial charge in [0.15, 0.2) is 0 Å². The minimum atomic E-state index is -1.08. The molecule has 0 saturated carbocycles. The zero-order valence-electron chi connectivity index (χ0n) is 8.88. The Morgan fingerprint density at radius 3 is 1.75 bits per heavy atom. The first-order valence-electron chi connectivity index (χ1n) is 4.61. The number of carboxylic acid groups (broad SMARTS) is 2. The molecule has 0 amide bonds. The van der Waals surface area contributed by atoms with Crippen LogP contribution in [0.3, 0.4) is 0 Å². The van der Waals surface area contributed by atoms with Crippen LogP contribution in [0.25, 0.3) is 0 Å². The van der Waals surface area contributed by atoms with Gasteiger partial charge in [-0.1, -0.05) is 18.2 Å². The predicted octanol–water partition coefficient (Wildman–Crippen LogP) is 1.64. The van der Waals surface area contributed by atoms with Crippen LogP contribution in [0.2, 0.25) is 0 Å². The molecule has 0 spiro atoms. The van der Waals surface area contributed by atoms with Crippen LogP contribution >= 0.6 is 0 Å². The Kier molecular flexibility index (Phi) is 6.35. The number of rotatable bonds is 3. The maximum Gasteiger partial charge on any atom is 0.303 e. The Hall–Kier alpha value is -2.04. The van der Waals surface area contributed by atoms with Crippen LogP contribution in [-0.2, 0) is 9.59 Å². The summed E-state index contributed by atoms with van der Waals surface area (Å²) in [5.74, 6) is -1.78. The second-order valence-corrected chi connectivity index (χ2v) is 3.07. The summed E-state index contributed by atoms with van der Waals surface area (Å²) >= 11 is 0. The van der Waals surface area contributed by atoms with Crippen molar-refractivity contribution in [3.05, 3.63) is 29.8 Å². The molecule has 1 rings (SSSR count). The van der Waals surface area contributed by atoms with Crippen LogP contribution in [0.5, 0.6) is 5.75 Å². The lowest BCUT2D eigenvalue weighted by Crippen LogP contribution is -2.00. The smallest absolute Gasteiger partial charge is 0.303 e. The minimum absolute atomic E-state index is 0.296. The lowest BCUT2D eigenvalue weighted by Gasteiger charge is -1.92. The second kappa shape index (κ2) is 7.28. The van der Waals surface area contributed by atoms with E-state index >= 15 is 0 Å². The van der Waals surface area contributed by atoms with E-state index in [2.05, 4.69) is 0 Å². The monoisotopic (exact) mass is 226 g/mol. The maximum absolute atomic E-state index is 9.64. The largest absolute Gasteiger partial charge is 0.508 e. The average Bonchev–Trinajstić information content (AvgIpc) is 2.20. The number of aromatic hydroxyl groups is 1. The Morgan fingerprint density at radius 2 is 1.50 bits per heavy atom. The van der Waals surface area contributed by atoms with Crippen molar-refractivity contribution < 1.29 is 24.9 Å². The first-order valence-corrected chi connectivity index (χ1v) is 4.61. The fourth-order valence-electron chi connectivity index (χ4n) is 0.777. The summed E-state index contributed by atoms with van der Waals surface area (Å²) in [6.07, 6.45) is -0.593. The van der Waals surface area contributed by atoms with E-state index in [4.69, 9.17) is 15.3 Å². The summed E-state index contributed by atoms with van der Waals surface area (Å²) in [5, 5.41) is 24.7. The first kappa shape index (κ1) is 14.0. The molecule has 3 N–H and O–H groups in total. The maximum atomic E-state index is 9.64. The van der Waals surface area contributed by atoms with E-state index in [-0.39, 0.29) is 12.8 Å². The van der Waals surface area contributed by atoms with Crippen molar-refractivity contribution in [1.82, 2.24) is 0 Å². The highest BCUT2D eigenvalue weighted by atomic mass is 16.4. The quantitative estimate of drug-likeness (QED) is 0.728.